The third kappa shape index (κ3) is 3.20. The Labute approximate surface area is 138 Å². The molecule has 3 aromatic rings. The van der Waals surface area contributed by atoms with Gasteiger partial charge in [0.2, 0.25) is 5.88 Å². The number of hydrogen-bond donors (Lipinski definition) is 1. The van der Waals surface area contributed by atoms with Gasteiger partial charge in [-0.1, -0.05) is 22.8 Å². The lowest BCUT2D eigenvalue weighted by Gasteiger charge is -2.08. The number of hydrogen-bond acceptors (Lipinski definition) is 5. The molecular formula is C15H12ClN3O3S. The SMILES string of the molecule is Cc1c(Cl)cccc1S(=O)(=O)Nc1cc(-c2ccncc2)no1. The van der Waals surface area contributed by atoms with E-state index in [1.54, 1.807) is 43.6 Å². The minimum absolute atomic E-state index is 0.0242. The summed E-state index contributed by atoms with van der Waals surface area (Å²) in [5, 5.41) is 4.23. The van der Waals surface area contributed by atoms with Crippen molar-refractivity contribution >= 4 is 27.5 Å². The molecule has 0 atom stereocenters. The Bertz CT molecular complexity index is 940. The standard InChI is InChI=1S/C15H12ClN3O3S/c1-10-12(16)3-2-4-14(10)23(20,21)19-15-9-13(18-22-15)11-5-7-17-8-6-11/h2-9,19H,1H3. The van der Waals surface area contributed by atoms with Gasteiger partial charge in [-0.05, 0) is 36.8 Å². The summed E-state index contributed by atoms with van der Waals surface area (Å²) < 4.78 is 32.3. The first-order chi connectivity index (χ1) is 11.0. The monoisotopic (exact) mass is 349 g/mol. The van der Waals surface area contributed by atoms with Crippen molar-refractivity contribution in [2.24, 2.45) is 0 Å². The Kier molecular flexibility index (Phi) is 4.06. The van der Waals surface area contributed by atoms with Crippen LogP contribution in [0.25, 0.3) is 11.3 Å². The highest BCUT2D eigenvalue weighted by Crippen LogP contribution is 2.26. The third-order valence-electron chi connectivity index (χ3n) is 3.23. The highest BCUT2D eigenvalue weighted by Gasteiger charge is 2.20. The van der Waals surface area contributed by atoms with Crippen LogP contribution in [0, 0.1) is 6.92 Å². The van der Waals surface area contributed by atoms with E-state index in [0.717, 1.165) is 5.56 Å². The molecule has 3 rings (SSSR count). The van der Waals surface area contributed by atoms with Gasteiger partial charge in [0.15, 0.2) is 0 Å². The number of pyridine rings is 1. The second-order valence-electron chi connectivity index (χ2n) is 4.78. The van der Waals surface area contributed by atoms with Crippen LogP contribution in [0.5, 0.6) is 0 Å². The van der Waals surface area contributed by atoms with Crippen molar-refractivity contribution in [2.45, 2.75) is 11.8 Å². The summed E-state index contributed by atoms with van der Waals surface area (Å²) >= 11 is 5.97. The van der Waals surface area contributed by atoms with E-state index in [1.165, 1.54) is 12.1 Å². The van der Waals surface area contributed by atoms with Crippen molar-refractivity contribution in [3.05, 3.63) is 59.4 Å². The molecule has 0 amide bonds. The first-order valence-electron chi connectivity index (χ1n) is 6.62. The predicted molar refractivity (Wildman–Crippen MR) is 86.7 cm³/mol. The Morgan fingerprint density at radius 3 is 2.65 bits per heavy atom. The van der Waals surface area contributed by atoms with E-state index < -0.39 is 10.0 Å². The van der Waals surface area contributed by atoms with Crippen LogP contribution in [0.2, 0.25) is 5.02 Å². The van der Waals surface area contributed by atoms with Crippen molar-refractivity contribution in [1.29, 1.82) is 0 Å². The van der Waals surface area contributed by atoms with Crippen LogP contribution in [-0.2, 0) is 10.0 Å². The highest BCUT2D eigenvalue weighted by atomic mass is 35.5. The predicted octanol–water partition coefficient (Wildman–Crippen LogP) is 3.50. The molecule has 0 saturated carbocycles. The first-order valence-corrected chi connectivity index (χ1v) is 8.48. The molecule has 8 heteroatoms. The Hall–Kier alpha value is -2.38. The van der Waals surface area contributed by atoms with Gasteiger partial charge in [0.05, 0.1) is 4.90 Å². The normalized spacial score (nSPS) is 11.4. The van der Waals surface area contributed by atoms with E-state index in [0.29, 0.717) is 16.3 Å². The maximum absolute atomic E-state index is 12.5. The molecule has 2 aromatic heterocycles. The van der Waals surface area contributed by atoms with E-state index in [4.69, 9.17) is 16.1 Å². The Balaban J connectivity index is 1.90. The Morgan fingerprint density at radius 1 is 1.17 bits per heavy atom. The highest BCUT2D eigenvalue weighted by molar-refractivity contribution is 7.92. The molecule has 0 aliphatic carbocycles. The van der Waals surface area contributed by atoms with Gasteiger partial charge in [0, 0.05) is 29.0 Å². The largest absolute Gasteiger partial charge is 0.337 e. The number of anilines is 1. The number of nitrogens with one attached hydrogen (secondary N) is 1. The van der Waals surface area contributed by atoms with Crippen molar-refractivity contribution in [3.63, 3.8) is 0 Å². The van der Waals surface area contributed by atoms with Crippen molar-refractivity contribution in [3.8, 4) is 11.3 Å². The number of nitrogens with zero attached hydrogens (tertiary/aromatic N) is 2. The summed E-state index contributed by atoms with van der Waals surface area (Å²) in [5.41, 5.74) is 1.75. The summed E-state index contributed by atoms with van der Waals surface area (Å²) in [6.45, 7) is 1.64. The summed E-state index contributed by atoms with van der Waals surface area (Å²) in [4.78, 5) is 4.00. The number of halogens is 1. The molecule has 0 fully saturated rings. The molecule has 0 aliphatic heterocycles. The molecule has 6 nitrogen and oxygen atoms in total. The van der Waals surface area contributed by atoms with Crippen LogP contribution in [0.3, 0.4) is 0 Å². The van der Waals surface area contributed by atoms with Crippen molar-refractivity contribution in [1.82, 2.24) is 10.1 Å². The minimum Gasteiger partial charge on any atom is -0.337 e. The lowest BCUT2D eigenvalue weighted by Crippen LogP contribution is -2.13. The van der Waals surface area contributed by atoms with Gasteiger partial charge in [-0.3, -0.25) is 4.98 Å². The molecule has 2 heterocycles. The number of benzene rings is 1. The van der Waals surface area contributed by atoms with Crippen LogP contribution < -0.4 is 4.72 Å². The average molecular weight is 350 g/mol. The fourth-order valence-corrected chi connectivity index (χ4v) is 3.52. The fraction of sp³-hybridized carbons (Fsp3) is 0.0667. The molecule has 0 spiro atoms. The topological polar surface area (TPSA) is 85.1 Å². The lowest BCUT2D eigenvalue weighted by atomic mass is 10.2. The number of sulfonamides is 1. The molecule has 0 radical (unpaired) electrons. The summed E-state index contributed by atoms with van der Waals surface area (Å²) in [7, 11) is -3.82. The van der Waals surface area contributed by atoms with Crippen LogP contribution in [0.15, 0.2) is 58.2 Å². The van der Waals surface area contributed by atoms with Gasteiger partial charge < -0.3 is 4.52 Å². The Morgan fingerprint density at radius 2 is 1.91 bits per heavy atom. The van der Waals surface area contributed by atoms with Gasteiger partial charge >= 0.3 is 0 Å². The van der Waals surface area contributed by atoms with E-state index in [-0.39, 0.29) is 10.8 Å². The van der Waals surface area contributed by atoms with Gasteiger partial charge in [0.1, 0.15) is 5.69 Å². The van der Waals surface area contributed by atoms with Crippen LogP contribution in [0.1, 0.15) is 5.56 Å². The van der Waals surface area contributed by atoms with Crippen LogP contribution in [-0.4, -0.2) is 18.6 Å². The zero-order valence-corrected chi connectivity index (χ0v) is 13.6. The van der Waals surface area contributed by atoms with Gasteiger partial charge in [0.25, 0.3) is 10.0 Å². The second-order valence-corrected chi connectivity index (χ2v) is 6.84. The number of aromatic nitrogens is 2. The molecule has 1 aromatic carbocycles. The lowest BCUT2D eigenvalue weighted by molar-refractivity contribution is 0.438. The quantitative estimate of drug-likeness (QED) is 0.779. The van der Waals surface area contributed by atoms with Crippen LogP contribution in [0.4, 0.5) is 5.88 Å². The maximum atomic E-state index is 12.5. The number of rotatable bonds is 4. The first kappa shape index (κ1) is 15.5. The summed E-state index contributed by atoms with van der Waals surface area (Å²) in [6, 6.07) is 9.68. The summed E-state index contributed by atoms with van der Waals surface area (Å²) in [5.74, 6) is 0.0242. The second kappa shape index (κ2) is 6.02. The van der Waals surface area contributed by atoms with Gasteiger partial charge in [-0.25, -0.2) is 13.1 Å². The fourth-order valence-electron chi connectivity index (χ4n) is 2.05. The molecule has 0 unspecified atom stereocenters. The van der Waals surface area contributed by atoms with E-state index in [2.05, 4.69) is 14.9 Å². The average Bonchev–Trinajstić information content (AvgIpc) is 2.98. The molecular weight excluding hydrogens is 338 g/mol. The molecule has 0 bridgehead atoms. The third-order valence-corrected chi connectivity index (χ3v) is 5.13. The van der Waals surface area contributed by atoms with Crippen molar-refractivity contribution in [2.75, 3.05) is 4.72 Å². The molecule has 0 saturated heterocycles. The summed E-state index contributed by atoms with van der Waals surface area (Å²) in [6.07, 6.45) is 3.23. The molecule has 23 heavy (non-hydrogen) atoms. The smallest absolute Gasteiger partial charge is 0.264 e. The molecule has 118 valence electrons. The minimum atomic E-state index is -3.82. The van der Waals surface area contributed by atoms with Gasteiger partial charge in [-0.15, -0.1) is 0 Å². The van der Waals surface area contributed by atoms with Crippen LogP contribution >= 0.6 is 11.6 Å². The maximum Gasteiger partial charge on any atom is 0.264 e. The molecule has 0 aliphatic rings. The zero-order valence-electron chi connectivity index (χ0n) is 12.0. The zero-order chi connectivity index (χ0) is 16.4. The van der Waals surface area contributed by atoms with E-state index in [1.807, 2.05) is 0 Å². The molecule has 1 N–H and O–H groups in total. The van der Waals surface area contributed by atoms with E-state index in [9.17, 15) is 8.42 Å². The van der Waals surface area contributed by atoms with E-state index >= 15 is 0 Å². The van der Waals surface area contributed by atoms with Gasteiger partial charge in [-0.2, -0.15) is 0 Å². The van der Waals surface area contributed by atoms with Crippen molar-refractivity contribution < 1.29 is 12.9 Å².